The molecule has 5 rings (SSSR count). The molecule has 35 heavy (non-hydrogen) atoms. The molecule has 0 fully saturated rings. The minimum Gasteiger partial charge on any atom is -0.218 e. The van der Waals surface area contributed by atoms with Gasteiger partial charge < -0.3 is 0 Å². The molecule has 1 aliphatic rings. The van der Waals surface area contributed by atoms with Crippen LogP contribution in [0.25, 0.3) is 37.9 Å². The summed E-state index contributed by atoms with van der Waals surface area (Å²) < 4.78 is 52.0. The highest BCUT2D eigenvalue weighted by atomic mass is 33.1. The zero-order valence-corrected chi connectivity index (χ0v) is 23.2. The van der Waals surface area contributed by atoms with Crippen LogP contribution in [0.3, 0.4) is 0 Å². The lowest BCUT2D eigenvalue weighted by molar-refractivity contribution is 0.210. The number of hydrogen-bond acceptors (Lipinski definition) is 5. The summed E-state index contributed by atoms with van der Waals surface area (Å²) in [6.07, 6.45) is 2.42. The highest BCUT2D eigenvalue weighted by Crippen LogP contribution is 2.53. The Morgan fingerprint density at radius 1 is 0.743 bits per heavy atom. The summed E-state index contributed by atoms with van der Waals surface area (Å²) in [6.45, 7) is 7.58. The second-order valence-electron chi connectivity index (χ2n) is 10.4. The van der Waals surface area contributed by atoms with Crippen LogP contribution in [0.2, 0.25) is 0 Å². The average Bonchev–Trinajstić information content (AvgIpc) is 2.89. The Balaban J connectivity index is 1.90. The van der Waals surface area contributed by atoms with Gasteiger partial charge in [0.25, 0.3) is 0 Å². The quantitative estimate of drug-likeness (QED) is 0.240. The van der Waals surface area contributed by atoms with E-state index in [1.807, 2.05) is 27.7 Å². The van der Waals surface area contributed by atoms with E-state index < -0.39 is 30.0 Å². The molecule has 0 saturated carbocycles. The summed E-state index contributed by atoms with van der Waals surface area (Å²) in [6, 6.07) is 18.9. The summed E-state index contributed by atoms with van der Waals surface area (Å²) in [5, 5.41) is 6.81. The van der Waals surface area contributed by atoms with Crippen molar-refractivity contribution < 1.29 is 16.8 Å². The van der Waals surface area contributed by atoms with Crippen LogP contribution in [0.4, 0.5) is 0 Å². The summed E-state index contributed by atoms with van der Waals surface area (Å²) in [5.41, 5.74) is 0.867. The number of sulfonamides is 1. The largest absolute Gasteiger partial charge is 0.218 e. The van der Waals surface area contributed by atoms with Crippen LogP contribution in [0.15, 0.2) is 60.2 Å². The zero-order chi connectivity index (χ0) is 25.6. The molecule has 0 aromatic heterocycles. The molecule has 5 nitrogen and oxygen atoms in total. The highest BCUT2D eigenvalue weighted by Gasteiger charge is 2.55. The van der Waals surface area contributed by atoms with Crippen LogP contribution in [0.5, 0.6) is 0 Å². The Labute approximate surface area is 210 Å². The normalized spacial score (nSPS) is 18.9. The number of benzene rings is 4. The lowest BCUT2D eigenvalue weighted by Crippen LogP contribution is -2.53. The second-order valence-corrected chi connectivity index (χ2v) is 16.7. The highest BCUT2D eigenvalue weighted by molar-refractivity contribution is 8.71. The van der Waals surface area contributed by atoms with Crippen molar-refractivity contribution in [2.45, 2.75) is 38.8 Å². The van der Waals surface area contributed by atoms with E-state index >= 15 is 0 Å². The van der Waals surface area contributed by atoms with Gasteiger partial charge >= 0.3 is 0 Å². The number of nitrogens with zero attached hydrogens (tertiary/aromatic N) is 1. The topological polar surface area (TPSA) is 71.5 Å². The smallest absolute Gasteiger partial charge is 0.212 e. The minimum atomic E-state index is -3.62. The van der Waals surface area contributed by atoms with E-state index in [1.54, 1.807) is 4.31 Å². The fraction of sp³-hybridized carbons (Fsp3) is 0.333. The number of rotatable bonds is 5. The predicted molar refractivity (Wildman–Crippen MR) is 149 cm³/mol. The first-order chi connectivity index (χ1) is 16.1. The van der Waals surface area contributed by atoms with Crippen molar-refractivity contribution in [3.8, 4) is 0 Å². The fourth-order valence-corrected chi connectivity index (χ4v) is 9.97. The van der Waals surface area contributed by atoms with Crippen LogP contribution in [0, 0.1) is 0 Å². The van der Waals surface area contributed by atoms with Crippen molar-refractivity contribution in [1.82, 2.24) is 4.31 Å². The van der Waals surface area contributed by atoms with Crippen molar-refractivity contribution in [2.24, 2.45) is 0 Å². The van der Waals surface area contributed by atoms with Gasteiger partial charge in [0.1, 0.15) is 0 Å². The van der Waals surface area contributed by atoms with E-state index in [1.165, 1.54) is 17.9 Å². The third-order valence-electron chi connectivity index (χ3n) is 7.21. The van der Waals surface area contributed by atoms with Crippen LogP contribution in [-0.4, -0.2) is 50.5 Å². The molecule has 0 saturated heterocycles. The van der Waals surface area contributed by atoms with Gasteiger partial charge in [0.05, 0.1) is 17.3 Å². The second kappa shape index (κ2) is 7.68. The monoisotopic (exact) mass is 527 g/mol. The third-order valence-corrected chi connectivity index (χ3v) is 11.3. The first kappa shape index (κ1) is 24.6. The Morgan fingerprint density at radius 2 is 1.29 bits per heavy atom. The Morgan fingerprint density at radius 3 is 1.86 bits per heavy atom. The molecule has 0 atom stereocenters. The van der Waals surface area contributed by atoms with Crippen LogP contribution in [0.1, 0.15) is 33.3 Å². The molecule has 184 valence electrons. The van der Waals surface area contributed by atoms with E-state index in [-0.39, 0.29) is 5.75 Å². The molecule has 0 amide bonds. The maximum atomic E-state index is 13.1. The van der Waals surface area contributed by atoms with Gasteiger partial charge in [-0.2, -0.15) is 4.31 Å². The summed E-state index contributed by atoms with van der Waals surface area (Å²) in [7, 11) is -6.09. The van der Waals surface area contributed by atoms with Gasteiger partial charge in [-0.3, -0.25) is 0 Å². The Hall–Kier alpha value is -2.13. The molecule has 4 aromatic carbocycles. The molecule has 0 spiro atoms. The Bertz CT molecular complexity index is 1730. The van der Waals surface area contributed by atoms with Crippen molar-refractivity contribution >= 4 is 67.6 Å². The van der Waals surface area contributed by atoms with Crippen molar-refractivity contribution in [1.29, 1.82) is 0 Å². The summed E-state index contributed by atoms with van der Waals surface area (Å²) in [4.78, 5) is 0. The predicted octanol–water partition coefficient (Wildman–Crippen LogP) is 5.86. The van der Waals surface area contributed by atoms with Gasteiger partial charge in [-0.05, 0) is 87.5 Å². The molecule has 0 bridgehead atoms. The Kier molecular flexibility index (Phi) is 5.39. The van der Waals surface area contributed by atoms with Gasteiger partial charge in [-0.15, -0.1) is 0 Å². The van der Waals surface area contributed by atoms with E-state index in [9.17, 15) is 16.8 Å². The molecule has 0 aliphatic carbocycles. The maximum absolute atomic E-state index is 13.1. The SMILES string of the molecule is CC1(C)C(CSS(C)(=O)=O)=C(c2ccc3ccc4cccc5ccc2c3c45)C(C)(C)N1S(C)(=O)=O. The van der Waals surface area contributed by atoms with E-state index in [2.05, 4.69) is 54.6 Å². The lowest BCUT2D eigenvalue weighted by atomic mass is 9.82. The van der Waals surface area contributed by atoms with E-state index in [0.29, 0.717) is 0 Å². The van der Waals surface area contributed by atoms with Gasteiger partial charge in [0, 0.05) is 12.0 Å². The van der Waals surface area contributed by atoms with E-state index in [0.717, 1.165) is 54.4 Å². The first-order valence-electron chi connectivity index (χ1n) is 11.4. The molecular formula is C27H29NO4S3. The van der Waals surface area contributed by atoms with E-state index in [4.69, 9.17) is 0 Å². The van der Waals surface area contributed by atoms with Crippen LogP contribution >= 0.6 is 10.8 Å². The van der Waals surface area contributed by atoms with Gasteiger partial charge in [0.15, 0.2) is 8.87 Å². The fourth-order valence-electron chi connectivity index (χ4n) is 6.29. The van der Waals surface area contributed by atoms with Crippen molar-refractivity contribution in [3.05, 3.63) is 65.7 Å². The summed E-state index contributed by atoms with van der Waals surface area (Å²) in [5.74, 6) is 0.193. The van der Waals surface area contributed by atoms with Crippen molar-refractivity contribution in [3.63, 3.8) is 0 Å². The van der Waals surface area contributed by atoms with Gasteiger partial charge in [0.2, 0.25) is 10.0 Å². The van der Waals surface area contributed by atoms with Crippen LogP contribution in [-0.2, 0) is 18.9 Å². The van der Waals surface area contributed by atoms with Gasteiger partial charge in [-0.1, -0.05) is 54.6 Å². The molecule has 0 unspecified atom stereocenters. The van der Waals surface area contributed by atoms with Crippen molar-refractivity contribution in [2.75, 3.05) is 18.3 Å². The molecular weight excluding hydrogens is 499 g/mol. The molecule has 1 heterocycles. The molecule has 4 aromatic rings. The third kappa shape index (κ3) is 3.77. The van der Waals surface area contributed by atoms with Gasteiger partial charge in [-0.25, -0.2) is 16.8 Å². The number of hydrogen-bond donors (Lipinski definition) is 0. The molecule has 8 heteroatoms. The average molecular weight is 528 g/mol. The molecule has 0 N–H and O–H groups in total. The minimum absolute atomic E-state index is 0.193. The lowest BCUT2D eigenvalue weighted by Gasteiger charge is -2.40. The summed E-state index contributed by atoms with van der Waals surface area (Å²) >= 11 is 0. The standard InChI is InChI=1S/C27H29NO4S3/c1-26(2)22(16-33-35(6,31)32)25(27(3,4)28(26)34(5,29)30)21-15-13-19-11-10-17-8-7-9-18-12-14-20(21)24(19)23(17)18/h7-15H,16H2,1-6H3. The molecule has 1 aliphatic heterocycles. The molecule has 0 radical (unpaired) electrons. The first-order valence-corrected chi connectivity index (χ1v) is 16.6. The maximum Gasteiger partial charge on any atom is 0.212 e. The van der Waals surface area contributed by atoms with Crippen LogP contribution < -0.4 is 0 Å². The zero-order valence-electron chi connectivity index (χ0n) is 20.7.